The number of aromatic nitrogens is 4. The maximum Gasteiger partial charge on any atom is 0.0732 e. The molecule has 0 aromatic carbocycles. The molecule has 0 saturated carbocycles. The van der Waals surface area contributed by atoms with Crippen molar-refractivity contribution in [3.8, 4) is 11.3 Å². The first-order chi connectivity index (χ1) is 9.00. The lowest BCUT2D eigenvalue weighted by Crippen LogP contribution is -2.19. The third-order valence-electron chi connectivity index (χ3n) is 3.34. The van der Waals surface area contributed by atoms with Crippen molar-refractivity contribution >= 4 is 0 Å². The lowest BCUT2D eigenvalue weighted by Gasteiger charge is -2.08. The van der Waals surface area contributed by atoms with E-state index in [1.807, 2.05) is 24.9 Å². The second-order valence-corrected chi connectivity index (χ2v) is 5.46. The fraction of sp³-hybridized carbons (Fsp3) is 0.571. The molecule has 0 saturated heterocycles. The van der Waals surface area contributed by atoms with Crippen LogP contribution >= 0.6 is 0 Å². The zero-order chi connectivity index (χ0) is 14.0. The van der Waals surface area contributed by atoms with Crippen molar-refractivity contribution in [2.45, 2.75) is 34.2 Å². The van der Waals surface area contributed by atoms with Gasteiger partial charge in [-0.25, -0.2) is 0 Å². The fourth-order valence-electron chi connectivity index (χ4n) is 2.29. The summed E-state index contributed by atoms with van der Waals surface area (Å²) in [6.45, 7) is 10.4. The van der Waals surface area contributed by atoms with Gasteiger partial charge in [0, 0.05) is 30.4 Å². The summed E-state index contributed by atoms with van der Waals surface area (Å²) >= 11 is 0. The molecule has 0 bridgehead atoms. The van der Waals surface area contributed by atoms with Crippen LogP contribution in [0.2, 0.25) is 0 Å². The highest BCUT2D eigenvalue weighted by Crippen LogP contribution is 2.27. The Morgan fingerprint density at radius 3 is 2.68 bits per heavy atom. The van der Waals surface area contributed by atoms with Crippen molar-refractivity contribution in [2.75, 3.05) is 6.54 Å². The second kappa shape index (κ2) is 5.57. The van der Waals surface area contributed by atoms with Crippen LogP contribution in [0.4, 0.5) is 0 Å². The third-order valence-corrected chi connectivity index (χ3v) is 3.34. The number of aryl methyl sites for hydroxylation is 2. The van der Waals surface area contributed by atoms with Crippen LogP contribution in [0, 0.1) is 19.8 Å². The van der Waals surface area contributed by atoms with E-state index < -0.39 is 0 Å². The zero-order valence-corrected chi connectivity index (χ0v) is 12.4. The van der Waals surface area contributed by atoms with Crippen molar-refractivity contribution in [2.24, 2.45) is 13.0 Å². The van der Waals surface area contributed by atoms with E-state index in [-0.39, 0.29) is 0 Å². The molecule has 5 nitrogen and oxygen atoms in total. The maximum atomic E-state index is 4.46. The Hall–Kier alpha value is -1.62. The molecule has 0 radical (unpaired) electrons. The number of hydrogen-bond donors (Lipinski definition) is 2. The minimum atomic E-state index is 0.650. The van der Waals surface area contributed by atoms with Gasteiger partial charge < -0.3 is 5.32 Å². The normalized spacial score (nSPS) is 11.5. The van der Waals surface area contributed by atoms with Crippen LogP contribution in [0.5, 0.6) is 0 Å². The van der Waals surface area contributed by atoms with Gasteiger partial charge in [0.2, 0.25) is 0 Å². The maximum absolute atomic E-state index is 4.46. The van der Waals surface area contributed by atoms with Gasteiger partial charge in [0.05, 0.1) is 17.6 Å². The van der Waals surface area contributed by atoms with Crippen LogP contribution in [0.1, 0.15) is 30.8 Å². The minimum Gasteiger partial charge on any atom is -0.312 e. The lowest BCUT2D eigenvalue weighted by molar-refractivity contribution is 0.553. The quantitative estimate of drug-likeness (QED) is 0.867. The molecule has 2 aromatic rings. The molecule has 2 rings (SSSR count). The largest absolute Gasteiger partial charge is 0.312 e. The zero-order valence-electron chi connectivity index (χ0n) is 12.4. The average molecular weight is 261 g/mol. The van der Waals surface area contributed by atoms with Gasteiger partial charge in [-0.1, -0.05) is 13.8 Å². The average Bonchev–Trinajstić information content (AvgIpc) is 2.85. The predicted molar refractivity (Wildman–Crippen MR) is 76.8 cm³/mol. The standard InChI is InChI=1S/C14H23N5/c1-9(2)6-15-7-12-8-16-17-14(12)13-10(3)18-19(5)11(13)4/h8-9,15H,6-7H2,1-5H3,(H,16,17). The van der Waals surface area contributed by atoms with Gasteiger partial charge in [0.25, 0.3) is 0 Å². The number of hydrogen-bond acceptors (Lipinski definition) is 3. The molecule has 0 aliphatic heterocycles. The molecule has 2 N–H and O–H groups in total. The smallest absolute Gasteiger partial charge is 0.0732 e. The Labute approximate surface area is 114 Å². The van der Waals surface area contributed by atoms with E-state index in [0.717, 1.165) is 30.2 Å². The van der Waals surface area contributed by atoms with E-state index in [4.69, 9.17) is 0 Å². The number of rotatable bonds is 5. The van der Waals surface area contributed by atoms with Gasteiger partial charge in [0.15, 0.2) is 0 Å². The Morgan fingerprint density at radius 2 is 2.11 bits per heavy atom. The SMILES string of the molecule is Cc1nn(C)c(C)c1-c1[nH]ncc1CNCC(C)C. The molecule has 0 spiro atoms. The first-order valence-electron chi connectivity index (χ1n) is 6.74. The summed E-state index contributed by atoms with van der Waals surface area (Å²) in [7, 11) is 1.97. The molecule has 2 aromatic heterocycles. The lowest BCUT2D eigenvalue weighted by atomic mass is 10.1. The van der Waals surface area contributed by atoms with Crippen molar-refractivity contribution in [3.63, 3.8) is 0 Å². The highest BCUT2D eigenvalue weighted by Gasteiger charge is 2.16. The van der Waals surface area contributed by atoms with Crippen molar-refractivity contribution in [1.29, 1.82) is 0 Å². The highest BCUT2D eigenvalue weighted by molar-refractivity contribution is 5.67. The Morgan fingerprint density at radius 1 is 1.37 bits per heavy atom. The number of H-pyrrole nitrogens is 1. The van der Waals surface area contributed by atoms with Gasteiger partial charge in [0.1, 0.15) is 0 Å². The molecule has 5 heteroatoms. The van der Waals surface area contributed by atoms with Gasteiger partial charge in [-0.15, -0.1) is 0 Å². The van der Waals surface area contributed by atoms with E-state index >= 15 is 0 Å². The summed E-state index contributed by atoms with van der Waals surface area (Å²) in [5.41, 5.74) is 5.64. The van der Waals surface area contributed by atoms with Gasteiger partial charge in [-0.2, -0.15) is 10.2 Å². The highest BCUT2D eigenvalue weighted by atomic mass is 15.3. The van der Waals surface area contributed by atoms with Crippen LogP contribution in [-0.4, -0.2) is 26.5 Å². The molecule has 104 valence electrons. The van der Waals surface area contributed by atoms with Crippen LogP contribution in [0.3, 0.4) is 0 Å². The van der Waals surface area contributed by atoms with Crippen LogP contribution in [0.15, 0.2) is 6.20 Å². The molecule has 0 aliphatic carbocycles. The topological polar surface area (TPSA) is 58.5 Å². The van der Waals surface area contributed by atoms with Gasteiger partial charge in [-0.05, 0) is 26.3 Å². The van der Waals surface area contributed by atoms with Crippen molar-refractivity contribution in [1.82, 2.24) is 25.3 Å². The van der Waals surface area contributed by atoms with Crippen LogP contribution in [0.25, 0.3) is 11.3 Å². The van der Waals surface area contributed by atoms with Gasteiger partial charge in [-0.3, -0.25) is 9.78 Å². The predicted octanol–water partition coefficient (Wildman–Crippen LogP) is 2.17. The first-order valence-corrected chi connectivity index (χ1v) is 6.74. The summed E-state index contributed by atoms with van der Waals surface area (Å²) < 4.78 is 1.91. The number of aromatic amines is 1. The fourth-order valence-corrected chi connectivity index (χ4v) is 2.29. The Balaban J connectivity index is 2.24. The number of nitrogens with one attached hydrogen (secondary N) is 2. The molecule has 0 amide bonds. The van der Waals surface area contributed by atoms with Gasteiger partial charge >= 0.3 is 0 Å². The van der Waals surface area contributed by atoms with E-state index in [9.17, 15) is 0 Å². The molecule has 0 aliphatic rings. The Kier molecular flexibility index (Phi) is 4.04. The van der Waals surface area contributed by atoms with Crippen LogP contribution in [-0.2, 0) is 13.6 Å². The monoisotopic (exact) mass is 261 g/mol. The molecule has 0 atom stereocenters. The summed E-state index contributed by atoms with van der Waals surface area (Å²) in [5, 5.41) is 15.2. The Bertz CT molecular complexity index is 550. The number of nitrogens with zero attached hydrogens (tertiary/aromatic N) is 3. The molecular weight excluding hydrogens is 238 g/mol. The summed E-state index contributed by atoms with van der Waals surface area (Å²) in [6, 6.07) is 0. The summed E-state index contributed by atoms with van der Waals surface area (Å²) in [5.74, 6) is 0.650. The van der Waals surface area contributed by atoms with Crippen molar-refractivity contribution in [3.05, 3.63) is 23.1 Å². The van der Waals surface area contributed by atoms with Crippen LogP contribution < -0.4 is 5.32 Å². The van der Waals surface area contributed by atoms with E-state index in [1.54, 1.807) is 0 Å². The summed E-state index contributed by atoms with van der Waals surface area (Å²) in [4.78, 5) is 0. The molecule has 19 heavy (non-hydrogen) atoms. The van der Waals surface area contributed by atoms with Crippen molar-refractivity contribution < 1.29 is 0 Å². The minimum absolute atomic E-state index is 0.650. The molecule has 0 unspecified atom stereocenters. The second-order valence-electron chi connectivity index (χ2n) is 5.46. The molecular formula is C14H23N5. The van der Waals surface area contributed by atoms with E-state index in [1.165, 1.54) is 11.1 Å². The van der Waals surface area contributed by atoms with E-state index in [2.05, 4.69) is 41.4 Å². The molecule has 2 heterocycles. The first kappa shape index (κ1) is 13.8. The summed E-state index contributed by atoms with van der Waals surface area (Å²) in [6.07, 6.45) is 1.90. The third kappa shape index (κ3) is 2.87. The molecule has 0 fully saturated rings. The van der Waals surface area contributed by atoms with E-state index in [0.29, 0.717) is 5.92 Å².